The number of nitrogens with one attached hydrogen (secondary N) is 1. The minimum absolute atomic E-state index is 0.0560. The van der Waals surface area contributed by atoms with E-state index in [1.807, 2.05) is 37.4 Å². The van der Waals surface area contributed by atoms with Crippen molar-refractivity contribution >= 4 is 47.3 Å². The first-order chi connectivity index (χ1) is 10.0. The molecule has 0 bridgehead atoms. The summed E-state index contributed by atoms with van der Waals surface area (Å²) in [4.78, 5) is 25.3. The summed E-state index contributed by atoms with van der Waals surface area (Å²) in [6.07, 6.45) is 0. The molecule has 0 aromatic carbocycles. The third-order valence-electron chi connectivity index (χ3n) is 3.49. The van der Waals surface area contributed by atoms with Crippen LogP contribution in [0.5, 0.6) is 0 Å². The maximum Gasteiger partial charge on any atom is 0.327 e. The fourth-order valence-corrected chi connectivity index (χ4v) is 6.52. The predicted octanol–water partition coefficient (Wildman–Crippen LogP) is 2.03. The summed E-state index contributed by atoms with van der Waals surface area (Å²) in [7, 11) is 0. The molecule has 120 valence electrons. The van der Waals surface area contributed by atoms with Crippen molar-refractivity contribution in [1.29, 1.82) is 0 Å². The third-order valence-corrected chi connectivity index (χ3v) is 7.96. The molecular weight excluding hydrogens is 328 g/mol. The second-order valence-corrected chi connectivity index (χ2v) is 9.19. The SMILES string of the molecule is CC(C)C1SCC(C(=O)O)N1C(=O)NCC1CSCCS1. The molecule has 3 unspecified atom stereocenters. The molecular formula is C13H22N2O3S3. The van der Waals surface area contributed by atoms with Crippen LogP contribution in [-0.2, 0) is 4.79 Å². The van der Waals surface area contributed by atoms with Gasteiger partial charge in [-0.15, -0.1) is 11.8 Å². The summed E-state index contributed by atoms with van der Waals surface area (Å²) >= 11 is 5.36. The molecule has 3 atom stereocenters. The molecule has 2 amide bonds. The smallest absolute Gasteiger partial charge is 0.327 e. The number of carbonyl (C=O) groups excluding carboxylic acids is 1. The standard InChI is InChI=1S/C13H22N2O3S3/c1-8(2)11-15(10(7-21-11)12(16)17)13(18)14-5-9-6-19-3-4-20-9/h8-11H,3-7H2,1-2H3,(H,14,18)(H,16,17). The summed E-state index contributed by atoms with van der Waals surface area (Å²) in [6.45, 7) is 4.67. The first-order valence-electron chi connectivity index (χ1n) is 7.10. The van der Waals surface area contributed by atoms with Gasteiger partial charge in [-0.25, -0.2) is 9.59 Å². The fourth-order valence-electron chi connectivity index (χ4n) is 2.44. The minimum atomic E-state index is -0.914. The van der Waals surface area contributed by atoms with Crippen molar-refractivity contribution in [2.24, 2.45) is 5.92 Å². The molecule has 5 nitrogen and oxygen atoms in total. The molecule has 21 heavy (non-hydrogen) atoms. The monoisotopic (exact) mass is 350 g/mol. The van der Waals surface area contributed by atoms with E-state index in [4.69, 9.17) is 0 Å². The Kier molecular flexibility index (Phi) is 6.43. The lowest BCUT2D eigenvalue weighted by molar-refractivity contribution is -0.141. The molecule has 0 spiro atoms. The Balaban J connectivity index is 1.94. The molecule has 2 heterocycles. The molecule has 8 heteroatoms. The van der Waals surface area contributed by atoms with Gasteiger partial charge >= 0.3 is 12.0 Å². The summed E-state index contributed by atoms with van der Waals surface area (Å²) in [5.74, 6) is 3.15. The molecule has 2 rings (SSSR count). The lowest BCUT2D eigenvalue weighted by Crippen LogP contribution is -2.52. The number of urea groups is 1. The molecule has 0 aromatic heterocycles. The third kappa shape index (κ3) is 4.39. The van der Waals surface area contributed by atoms with E-state index in [9.17, 15) is 14.7 Å². The van der Waals surface area contributed by atoms with Crippen molar-refractivity contribution in [2.45, 2.75) is 30.5 Å². The highest BCUT2D eigenvalue weighted by molar-refractivity contribution is 8.06. The van der Waals surface area contributed by atoms with Gasteiger partial charge in [-0.2, -0.15) is 23.5 Å². The Labute approximate surface area is 138 Å². The van der Waals surface area contributed by atoms with Crippen molar-refractivity contribution in [3.63, 3.8) is 0 Å². The molecule has 2 aliphatic heterocycles. The van der Waals surface area contributed by atoms with E-state index in [1.165, 1.54) is 10.7 Å². The highest BCUT2D eigenvalue weighted by atomic mass is 32.2. The average molecular weight is 351 g/mol. The maximum atomic E-state index is 12.4. The topological polar surface area (TPSA) is 69.6 Å². The zero-order chi connectivity index (χ0) is 15.4. The van der Waals surface area contributed by atoms with Crippen molar-refractivity contribution in [2.75, 3.05) is 29.6 Å². The summed E-state index contributed by atoms with van der Waals surface area (Å²) in [5, 5.41) is 12.6. The van der Waals surface area contributed by atoms with Gasteiger partial charge in [-0.3, -0.25) is 4.90 Å². The Hall–Kier alpha value is -0.210. The molecule has 2 N–H and O–H groups in total. The van der Waals surface area contributed by atoms with Crippen LogP contribution in [-0.4, -0.2) is 68.2 Å². The first kappa shape index (κ1) is 17.1. The highest BCUT2D eigenvalue weighted by Gasteiger charge is 2.42. The van der Waals surface area contributed by atoms with E-state index in [-0.39, 0.29) is 17.3 Å². The number of amides is 2. The van der Waals surface area contributed by atoms with E-state index < -0.39 is 12.0 Å². The van der Waals surface area contributed by atoms with Crippen LogP contribution in [0.4, 0.5) is 4.79 Å². The Morgan fingerprint density at radius 1 is 1.29 bits per heavy atom. The number of carboxylic acid groups (broad SMARTS) is 1. The van der Waals surface area contributed by atoms with Crippen molar-refractivity contribution < 1.29 is 14.7 Å². The van der Waals surface area contributed by atoms with Crippen LogP contribution in [0.25, 0.3) is 0 Å². The van der Waals surface area contributed by atoms with Crippen molar-refractivity contribution in [3.8, 4) is 0 Å². The van der Waals surface area contributed by atoms with Crippen LogP contribution in [0.2, 0.25) is 0 Å². The Bertz CT molecular complexity index is 389. The van der Waals surface area contributed by atoms with E-state index in [0.29, 0.717) is 17.5 Å². The number of carboxylic acids is 1. The number of rotatable bonds is 4. The largest absolute Gasteiger partial charge is 0.480 e. The molecule has 0 aromatic rings. The normalized spacial score (nSPS) is 29.7. The van der Waals surface area contributed by atoms with Crippen molar-refractivity contribution in [3.05, 3.63) is 0 Å². The van der Waals surface area contributed by atoms with Gasteiger partial charge in [0.15, 0.2) is 0 Å². The van der Waals surface area contributed by atoms with Crippen LogP contribution < -0.4 is 5.32 Å². The van der Waals surface area contributed by atoms with Gasteiger partial charge in [0.25, 0.3) is 0 Å². The zero-order valence-corrected chi connectivity index (χ0v) is 14.7. The van der Waals surface area contributed by atoms with Crippen LogP contribution in [0.3, 0.4) is 0 Å². The van der Waals surface area contributed by atoms with E-state index in [1.54, 1.807) is 11.8 Å². The summed E-state index contributed by atoms with van der Waals surface area (Å²) in [5.41, 5.74) is 0. The van der Waals surface area contributed by atoms with Gasteiger partial charge in [0.2, 0.25) is 0 Å². The van der Waals surface area contributed by atoms with Gasteiger partial charge in [0, 0.05) is 34.8 Å². The van der Waals surface area contributed by atoms with E-state index >= 15 is 0 Å². The molecule has 2 saturated heterocycles. The van der Waals surface area contributed by atoms with Gasteiger partial charge in [-0.05, 0) is 5.92 Å². The predicted molar refractivity (Wildman–Crippen MR) is 91.3 cm³/mol. The summed E-state index contributed by atoms with van der Waals surface area (Å²) < 4.78 is 0. The number of nitrogens with zero attached hydrogens (tertiary/aromatic N) is 1. The number of thioether (sulfide) groups is 3. The second kappa shape index (κ2) is 7.87. The lowest BCUT2D eigenvalue weighted by atomic mass is 10.2. The Morgan fingerprint density at radius 2 is 2.05 bits per heavy atom. The molecule has 2 fully saturated rings. The number of carbonyl (C=O) groups is 2. The highest BCUT2D eigenvalue weighted by Crippen LogP contribution is 2.34. The molecule has 0 aliphatic carbocycles. The summed E-state index contributed by atoms with van der Waals surface area (Å²) in [6, 6.07) is -0.946. The molecule has 0 radical (unpaired) electrons. The fraction of sp³-hybridized carbons (Fsp3) is 0.846. The van der Waals surface area contributed by atoms with Crippen LogP contribution in [0, 0.1) is 5.92 Å². The lowest BCUT2D eigenvalue weighted by Gasteiger charge is -2.30. The van der Waals surface area contributed by atoms with E-state index in [2.05, 4.69) is 5.32 Å². The molecule has 0 saturated carbocycles. The van der Waals surface area contributed by atoms with Crippen molar-refractivity contribution in [1.82, 2.24) is 10.2 Å². The molecule has 2 aliphatic rings. The van der Waals surface area contributed by atoms with Crippen LogP contribution in [0.1, 0.15) is 13.8 Å². The van der Waals surface area contributed by atoms with Crippen LogP contribution >= 0.6 is 35.3 Å². The quantitative estimate of drug-likeness (QED) is 0.808. The number of hydrogen-bond acceptors (Lipinski definition) is 5. The van der Waals surface area contributed by atoms with Gasteiger partial charge in [0.1, 0.15) is 6.04 Å². The zero-order valence-electron chi connectivity index (χ0n) is 12.3. The number of hydrogen-bond donors (Lipinski definition) is 2. The first-order valence-corrected chi connectivity index (χ1v) is 10.4. The van der Waals surface area contributed by atoms with Crippen LogP contribution in [0.15, 0.2) is 0 Å². The van der Waals surface area contributed by atoms with Gasteiger partial charge in [0.05, 0.1) is 5.37 Å². The van der Waals surface area contributed by atoms with E-state index in [0.717, 1.165) is 11.5 Å². The van der Waals surface area contributed by atoms with Gasteiger partial charge < -0.3 is 10.4 Å². The van der Waals surface area contributed by atoms with Gasteiger partial charge in [-0.1, -0.05) is 13.8 Å². The Morgan fingerprint density at radius 3 is 2.62 bits per heavy atom. The number of aliphatic carboxylic acids is 1. The maximum absolute atomic E-state index is 12.4. The minimum Gasteiger partial charge on any atom is -0.480 e. The second-order valence-electron chi connectivity index (χ2n) is 5.48. The average Bonchev–Trinajstić information content (AvgIpc) is 2.91.